The standard InChI is InChI=1S/C10H16F2O10S/c11-10(12,23(16,17)18)9(15)22-7-8(14)21-6-5-20-4-3-19-2-1-13/h13H,1-7H2,(H,16,17,18). The van der Waals surface area contributed by atoms with Gasteiger partial charge in [0.2, 0.25) is 0 Å². The van der Waals surface area contributed by atoms with E-state index in [0.29, 0.717) is 0 Å². The molecule has 10 nitrogen and oxygen atoms in total. The van der Waals surface area contributed by atoms with Crippen LogP contribution in [0.1, 0.15) is 0 Å². The Bertz CT molecular complexity index is 478. The molecule has 0 amide bonds. The molecule has 136 valence electrons. The molecular weight excluding hydrogens is 350 g/mol. The van der Waals surface area contributed by atoms with Gasteiger partial charge in [0.05, 0.1) is 33.0 Å². The first-order chi connectivity index (χ1) is 10.6. The van der Waals surface area contributed by atoms with Crippen molar-refractivity contribution in [1.29, 1.82) is 0 Å². The summed E-state index contributed by atoms with van der Waals surface area (Å²) >= 11 is 0. The number of ether oxygens (including phenoxy) is 4. The molecule has 2 N–H and O–H groups in total. The van der Waals surface area contributed by atoms with Crippen molar-refractivity contribution in [3.8, 4) is 0 Å². The lowest BCUT2D eigenvalue weighted by Gasteiger charge is -2.11. The fourth-order valence-electron chi connectivity index (χ4n) is 0.956. The summed E-state index contributed by atoms with van der Waals surface area (Å²) in [6, 6.07) is 0. The highest BCUT2D eigenvalue weighted by molar-refractivity contribution is 7.87. The van der Waals surface area contributed by atoms with Gasteiger partial charge in [-0.25, -0.2) is 9.59 Å². The van der Waals surface area contributed by atoms with Gasteiger partial charge in [0.25, 0.3) is 0 Å². The summed E-state index contributed by atoms with van der Waals surface area (Å²) in [6.07, 6.45) is 0. The molecule has 0 radical (unpaired) electrons. The van der Waals surface area contributed by atoms with Crippen molar-refractivity contribution in [1.82, 2.24) is 0 Å². The van der Waals surface area contributed by atoms with E-state index in [1.165, 1.54) is 0 Å². The molecule has 0 aliphatic rings. The summed E-state index contributed by atoms with van der Waals surface area (Å²) in [7, 11) is -5.99. The lowest BCUT2D eigenvalue weighted by atomic mass is 10.6. The van der Waals surface area contributed by atoms with Gasteiger partial charge in [0, 0.05) is 0 Å². The maximum Gasteiger partial charge on any atom is 0.465 e. The Morgan fingerprint density at radius 2 is 1.48 bits per heavy atom. The van der Waals surface area contributed by atoms with Gasteiger partial charge in [-0.05, 0) is 0 Å². The van der Waals surface area contributed by atoms with E-state index in [9.17, 15) is 26.8 Å². The number of halogens is 2. The Hall–Kier alpha value is -1.41. The van der Waals surface area contributed by atoms with E-state index < -0.39 is 33.9 Å². The third kappa shape index (κ3) is 8.71. The van der Waals surface area contributed by atoms with Crippen molar-refractivity contribution < 1.29 is 55.4 Å². The van der Waals surface area contributed by atoms with Crippen LogP contribution in [0.2, 0.25) is 0 Å². The second-order valence-electron chi connectivity index (χ2n) is 3.74. The first-order valence-electron chi connectivity index (χ1n) is 6.07. The third-order valence-corrected chi connectivity index (χ3v) is 2.80. The molecule has 0 spiro atoms. The minimum Gasteiger partial charge on any atom is -0.461 e. The Balaban J connectivity index is 3.82. The average Bonchev–Trinajstić information content (AvgIpc) is 2.46. The van der Waals surface area contributed by atoms with Gasteiger partial charge in [0.1, 0.15) is 6.61 Å². The van der Waals surface area contributed by atoms with E-state index in [0.717, 1.165) is 0 Å². The van der Waals surface area contributed by atoms with Crippen molar-refractivity contribution in [3.05, 3.63) is 0 Å². The Morgan fingerprint density at radius 1 is 0.957 bits per heavy atom. The third-order valence-electron chi connectivity index (χ3n) is 1.98. The van der Waals surface area contributed by atoms with Gasteiger partial charge in [0.15, 0.2) is 6.61 Å². The molecule has 13 heteroatoms. The molecule has 0 aliphatic heterocycles. The van der Waals surface area contributed by atoms with Crippen molar-refractivity contribution in [2.45, 2.75) is 5.25 Å². The number of hydrogen-bond donors (Lipinski definition) is 2. The molecule has 0 bridgehead atoms. The number of aliphatic hydroxyl groups excluding tert-OH is 1. The predicted molar refractivity (Wildman–Crippen MR) is 67.1 cm³/mol. The monoisotopic (exact) mass is 366 g/mol. The number of hydrogen-bond acceptors (Lipinski definition) is 9. The zero-order valence-electron chi connectivity index (χ0n) is 11.8. The quantitative estimate of drug-likeness (QED) is 0.240. The van der Waals surface area contributed by atoms with Crippen LogP contribution < -0.4 is 0 Å². The lowest BCUT2D eigenvalue weighted by Crippen LogP contribution is -2.39. The van der Waals surface area contributed by atoms with E-state index in [2.05, 4.69) is 9.47 Å². The second-order valence-corrected chi connectivity index (χ2v) is 5.20. The summed E-state index contributed by atoms with van der Waals surface area (Å²) in [5, 5.41) is 3.22. The van der Waals surface area contributed by atoms with Crippen LogP contribution in [-0.4, -0.2) is 81.5 Å². The molecule has 23 heavy (non-hydrogen) atoms. The van der Waals surface area contributed by atoms with Crippen LogP contribution >= 0.6 is 0 Å². The summed E-state index contributed by atoms with van der Waals surface area (Å²) < 4.78 is 72.0. The number of carbonyl (C=O) groups excluding carboxylic acids is 2. The molecule has 0 fully saturated rings. The maximum absolute atomic E-state index is 12.7. The number of esters is 2. The van der Waals surface area contributed by atoms with Crippen LogP contribution in [0, 0.1) is 0 Å². The zero-order valence-corrected chi connectivity index (χ0v) is 12.6. The minimum absolute atomic E-state index is 0.0522. The van der Waals surface area contributed by atoms with Crippen molar-refractivity contribution in [2.24, 2.45) is 0 Å². The van der Waals surface area contributed by atoms with E-state index in [1.54, 1.807) is 0 Å². The highest BCUT2D eigenvalue weighted by atomic mass is 32.2. The minimum atomic E-state index is -5.99. The number of aliphatic hydroxyl groups is 1. The predicted octanol–water partition coefficient (Wildman–Crippen LogP) is -1.42. The Morgan fingerprint density at radius 3 is 2.00 bits per heavy atom. The average molecular weight is 366 g/mol. The van der Waals surface area contributed by atoms with E-state index >= 15 is 0 Å². The smallest absolute Gasteiger partial charge is 0.461 e. The first kappa shape index (κ1) is 21.6. The van der Waals surface area contributed by atoms with Crippen LogP contribution in [0.3, 0.4) is 0 Å². The largest absolute Gasteiger partial charge is 0.465 e. The van der Waals surface area contributed by atoms with Crippen molar-refractivity contribution >= 4 is 22.1 Å². The van der Waals surface area contributed by atoms with Gasteiger partial charge in [-0.15, -0.1) is 0 Å². The fraction of sp³-hybridized carbons (Fsp3) is 0.800. The van der Waals surface area contributed by atoms with Gasteiger partial charge in [-0.2, -0.15) is 17.2 Å². The maximum atomic E-state index is 12.7. The van der Waals surface area contributed by atoms with Gasteiger partial charge in [-0.3, -0.25) is 4.55 Å². The van der Waals surface area contributed by atoms with Gasteiger partial charge >= 0.3 is 27.3 Å². The highest BCUT2D eigenvalue weighted by Crippen LogP contribution is 2.21. The van der Waals surface area contributed by atoms with Crippen LogP contribution in [-0.2, 0) is 38.7 Å². The molecule has 0 aromatic rings. The zero-order chi connectivity index (χ0) is 17.9. The molecule has 0 atom stereocenters. The number of alkyl halides is 2. The normalized spacial score (nSPS) is 12.0. The molecule has 0 aliphatic carbocycles. The van der Waals surface area contributed by atoms with Crippen molar-refractivity contribution in [3.63, 3.8) is 0 Å². The fourth-order valence-corrected chi connectivity index (χ4v) is 1.23. The van der Waals surface area contributed by atoms with Crippen LogP contribution in [0.5, 0.6) is 0 Å². The lowest BCUT2D eigenvalue weighted by molar-refractivity contribution is -0.170. The second kappa shape index (κ2) is 10.4. The summed E-state index contributed by atoms with van der Waals surface area (Å²) in [5.74, 6) is -3.82. The van der Waals surface area contributed by atoms with Crippen LogP contribution in [0.15, 0.2) is 0 Å². The molecule has 0 saturated carbocycles. The number of carbonyl (C=O) groups is 2. The topological polar surface area (TPSA) is 146 Å². The highest BCUT2D eigenvalue weighted by Gasteiger charge is 2.54. The SMILES string of the molecule is O=C(COC(=O)C(F)(F)S(=O)(=O)O)OCCOCCOCCO. The van der Waals surface area contributed by atoms with E-state index in [1.807, 2.05) is 0 Å². The van der Waals surface area contributed by atoms with Gasteiger partial charge < -0.3 is 24.1 Å². The molecule has 0 saturated heterocycles. The molecule has 0 aromatic carbocycles. The molecule has 0 unspecified atom stereocenters. The molecule has 0 heterocycles. The van der Waals surface area contributed by atoms with E-state index in [4.69, 9.17) is 19.1 Å². The number of rotatable bonds is 12. The van der Waals surface area contributed by atoms with Crippen molar-refractivity contribution in [2.75, 3.05) is 46.2 Å². The summed E-state index contributed by atoms with van der Waals surface area (Å²) in [6.45, 7) is -1.20. The Labute approximate surface area is 130 Å². The first-order valence-corrected chi connectivity index (χ1v) is 7.51. The molecule has 0 aromatic heterocycles. The summed E-state index contributed by atoms with van der Waals surface area (Å²) in [5.41, 5.74) is 0. The van der Waals surface area contributed by atoms with Crippen LogP contribution in [0.4, 0.5) is 8.78 Å². The molecular formula is C10H16F2O10S. The van der Waals surface area contributed by atoms with Crippen LogP contribution in [0.25, 0.3) is 0 Å². The summed E-state index contributed by atoms with van der Waals surface area (Å²) in [4.78, 5) is 21.8. The van der Waals surface area contributed by atoms with Gasteiger partial charge in [-0.1, -0.05) is 0 Å². The molecule has 0 rings (SSSR count). The Kier molecular flexibility index (Phi) is 9.74. The van der Waals surface area contributed by atoms with E-state index in [-0.39, 0.29) is 39.6 Å².